The summed E-state index contributed by atoms with van der Waals surface area (Å²) in [4.78, 5) is 0. The first-order valence-corrected chi connectivity index (χ1v) is 7.75. The lowest BCUT2D eigenvalue weighted by atomic mass is 9.84. The first-order chi connectivity index (χ1) is 13.2. The normalized spacial score (nSPS) is 17.0. The number of rotatable bonds is 7. The Morgan fingerprint density at radius 2 is 0.625 bits per heavy atom. The van der Waals surface area contributed by atoms with Crippen molar-refractivity contribution in [1.29, 1.82) is 0 Å². The molecule has 0 atom stereocenters. The maximum atomic E-state index is 13.2. The molecule has 0 fully saturated rings. The van der Waals surface area contributed by atoms with Crippen LogP contribution in [0.25, 0.3) is 0 Å². The summed E-state index contributed by atoms with van der Waals surface area (Å²) in [6.45, 7) is 0. The van der Waals surface area contributed by atoms with Gasteiger partial charge < -0.3 is 0 Å². The highest BCUT2D eigenvalue weighted by atomic mass is 32.2. The summed E-state index contributed by atoms with van der Waals surface area (Å²) in [5, 5.41) is -7.99. The fraction of sp³-hybridized carbons (Fsp3) is 1.00. The van der Waals surface area contributed by atoms with E-state index in [0.717, 1.165) is 0 Å². The van der Waals surface area contributed by atoms with Crippen LogP contribution in [0.1, 0.15) is 0 Å². The van der Waals surface area contributed by atoms with Crippen molar-refractivity contribution < 1.29 is 96.4 Å². The lowest BCUT2D eigenvalue weighted by Gasteiger charge is -2.44. The van der Waals surface area contributed by atoms with Crippen molar-refractivity contribution in [3.63, 3.8) is 0 Å². The van der Waals surface area contributed by atoms with E-state index < -0.39 is 63.0 Å². The Balaban J connectivity index is 7.26. The summed E-state index contributed by atoms with van der Waals surface area (Å²) >= 11 is 0. The molecule has 194 valence electrons. The van der Waals surface area contributed by atoms with Crippen LogP contribution in [0, 0.1) is 0 Å². The Morgan fingerprint density at radius 3 is 0.844 bits per heavy atom. The molecule has 0 saturated carbocycles. The van der Waals surface area contributed by atoms with Gasteiger partial charge in [0.15, 0.2) is 0 Å². The molecule has 0 saturated heterocycles. The van der Waals surface area contributed by atoms with Crippen LogP contribution in [0.5, 0.6) is 0 Å². The van der Waals surface area contributed by atoms with E-state index in [1.54, 1.807) is 0 Å². The second kappa shape index (κ2) is 7.04. The lowest BCUT2D eigenvalue weighted by Crippen LogP contribution is -2.78. The topological polar surface area (TPSA) is 54.4 Å². The molecule has 0 bridgehead atoms. The minimum absolute atomic E-state index is 7.69. The number of halogens is 19. The van der Waals surface area contributed by atoms with Gasteiger partial charge in [-0.05, 0) is 0 Å². The second-order valence-electron chi connectivity index (χ2n) is 5.52. The second-order valence-corrected chi connectivity index (χ2v) is 6.98. The molecule has 0 aliphatic rings. The molecular formula is C9HF19O3S. The van der Waals surface area contributed by atoms with E-state index >= 15 is 0 Å². The molecule has 0 radical (unpaired) electrons. The van der Waals surface area contributed by atoms with Crippen molar-refractivity contribution >= 4 is 10.1 Å². The third kappa shape index (κ3) is 3.43. The predicted molar refractivity (Wildman–Crippen MR) is 57.2 cm³/mol. The summed E-state index contributed by atoms with van der Waals surface area (Å²) in [5.41, 5.74) is -8.88. The molecule has 32 heavy (non-hydrogen) atoms. The highest BCUT2D eigenvalue weighted by Gasteiger charge is 2.99. The number of hydrogen-bond donors (Lipinski definition) is 1. The fourth-order valence-electron chi connectivity index (χ4n) is 1.67. The van der Waals surface area contributed by atoms with E-state index in [2.05, 4.69) is 0 Å². The van der Waals surface area contributed by atoms with Gasteiger partial charge in [-0.3, -0.25) is 4.55 Å². The molecule has 0 rings (SSSR count). The molecule has 0 aromatic heterocycles. The number of alkyl halides is 19. The van der Waals surface area contributed by atoms with Crippen LogP contribution in [0.3, 0.4) is 0 Å². The molecular weight excluding hydrogens is 549 g/mol. The summed E-state index contributed by atoms with van der Waals surface area (Å²) in [6.07, 6.45) is -16.8. The van der Waals surface area contributed by atoms with E-state index in [1.807, 2.05) is 0 Å². The third-order valence-electron chi connectivity index (χ3n) is 3.48. The molecule has 0 heterocycles. The highest BCUT2D eigenvalue weighted by Crippen LogP contribution is 2.66. The molecule has 0 aromatic rings. The average molecular weight is 550 g/mol. The highest BCUT2D eigenvalue weighted by molar-refractivity contribution is 7.87. The van der Waals surface area contributed by atoms with Crippen LogP contribution in [0.4, 0.5) is 83.4 Å². The minimum Gasteiger partial charge on any atom is -0.281 e. The summed E-state index contributed by atoms with van der Waals surface area (Å²) in [7, 11) is -8.02. The first-order valence-electron chi connectivity index (χ1n) is 6.31. The zero-order valence-corrected chi connectivity index (χ0v) is 14.2. The van der Waals surface area contributed by atoms with Crippen LogP contribution in [0.2, 0.25) is 0 Å². The Kier molecular flexibility index (Phi) is 6.73. The van der Waals surface area contributed by atoms with Gasteiger partial charge in [0.1, 0.15) is 0 Å². The Hall–Kier alpha value is -1.42. The largest absolute Gasteiger partial charge is 0.438 e. The van der Waals surface area contributed by atoms with Gasteiger partial charge in [-0.25, -0.2) is 4.39 Å². The summed E-state index contributed by atoms with van der Waals surface area (Å²) in [5.74, 6) is -45.2. The SMILES string of the molecule is O=S(=O)(O)C(F)(F)C(F)(F)C(F)(F)C(F)(F)C(F)(F)C(F)(F)C(F)(C(F)(F)F)C(F)(F)F. The zero-order valence-electron chi connectivity index (χ0n) is 13.4. The van der Waals surface area contributed by atoms with E-state index in [9.17, 15) is 91.8 Å². The van der Waals surface area contributed by atoms with Gasteiger partial charge in [0.05, 0.1) is 0 Å². The van der Waals surface area contributed by atoms with E-state index in [4.69, 9.17) is 4.55 Å². The smallest absolute Gasteiger partial charge is 0.281 e. The van der Waals surface area contributed by atoms with Gasteiger partial charge in [0, 0.05) is 0 Å². The van der Waals surface area contributed by atoms with E-state index in [-0.39, 0.29) is 0 Å². The van der Waals surface area contributed by atoms with Crippen molar-refractivity contribution in [1.82, 2.24) is 0 Å². The van der Waals surface area contributed by atoms with Crippen LogP contribution in [-0.4, -0.2) is 65.9 Å². The molecule has 3 nitrogen and oxygen atoms in total. The number of hydrogen-bond acceptors (Lipinski definition) is 2. The summed E-state index contributed by atoms with van der Waals surface area (Å²) < 4.78 is 271. The van der Waals surface area contributed by atoms with Gasteiger partial charge in [-0.2, -0.15) is 87.4 Å². The maximum Gasteiger partial charge on any atom is 0.438 e. The molecule has 0 aromatic carbocycles. The molecule has 0 unspecified atom stereocenters. The molecule has 23 heteroatoms. The van der Waals surface area contributed by atoms with Crippen LogP contribution in [0.15, 0.2) is 0 Å². The molecule has 0 amide bonds. The Morgan fingerprint density at radius 1 is 0.406 bits per heavy atom. The van der Waals surface area contributed by atoms with Crippen LogP contribution in [-0.2, 0) is 10.1 Å². The first kappa shape index (κ1) is 30.6. The van der Waals surface area contributed by atoms with Gasteiger partial charge in [0.25, 0.3) is 0 Å². The van der Waals surface area contributed by atoms with Crippen LogP contribution < -0.4 is 0 Å². The van der Waals surface area contributed by atoms with Gasteiger partial charge in [-0.1, -0.05) is 0 Å². The van der Waals surface area contributed by atoms with Gasteiger partial charge >= 0.3 is 63.0 Å². The van der Waals surface area contributed by atoms with Crippen molar-refractivity contribution in [3.05, 3.63) is 0 Å². The van der Waals surface area contributed by atoms with Crippen molar-refractivity contribution in [3.8, 4) is 0 Å². The summed E-state index contributed by atoms with van der Waals surface area (Å²) in [6, 6.07) is 0. The van der Waals surface area contributed by atoms with E-state index in [0.29, 0.717) is 0 Å². The van der Waals surface area contributed by atoms with Crippen molar-refractivity contribution in [2.24, 2.45) is 0 Å². The fourth-order valence-corrected chi connectivity index (χ4v) is 2.12. The average Bonchev–Trinajstić information content (AvgIpc) is 2.49. The third-order valence-corrected chi connectivity index (χ3v) is 4.39. The minimum atomic E-state index is -9.25. The van der Waals surface area contributed by atoms with Crippen LogP contribution >= 0.6 is 0 Å². The lowest BCUT2D eigenvalue weighted by molar-refractivity contribution is -0.469. The Bertz CT molecular complexity index is 804. The maximum absolute atomic E-state index is 13.2. The van der Waals surface area contributed by atoms with Crippen molar-refractivity contribution in [2.75, 3.05) is 0 Å². The predicted octanol–water partition coefficient (Wildman–Crippen LogP) is 5.48. The molecule has 0 aliphatic heterocycles. The monoisotopic (exact) mass is 550 g/mol. The van der Waals surface area contributed by atoms with E-state index in [1.165, 1.54) is 0 Å². The van der Waals surface area contributed by atoms with Gasteiger partial charge in [-0.15, -0.1) is 0 Å². The van der Waals surface area contributed by atoms with Crippen molar-refractivity contribution in [2.45, 2.75) is 52.9 Å². The quantitative estimate of drug-likeness (QED) is 0.338. The molecule has 0 aliphatic carbocycles. The molecule has 1 N–H and O–H groups in total. The standard InChI is InChI=1S/C9HF19O3S/c10-1(7(21,22)23,8(24,25)26)2(11,12)3(13,14)4(15,16)5(17,18)6(19,20)9(27,28)32(29,30)31/h(H,29,30,31). The zero-order chi connectivity index (χ0) is 27.0. The molecule has 0 spiro atoms. The Labute approximate surface area is 160 Å². The van der Waals surface area contributed by atoms with Gasteiger partial charge in [0.2, 0.25) is 0 Å².